The van der Waals surface area contributed by atoms with Crippen molar-refractivity contribution in [2.45, 2.75) is 75.9 Å². The Hall–Kier alpha value is -2.93. The highest BCUT2D eigenvalue weighted by Crippen LogP contribution is 2.26. The first-order chi connectivity index (χ1) is 15.0. The van der Waals surface area contributed by atoms with Crippen molar-refractivity contribution in [1.82, 2.24) is 20.4 Å². The second kappa shape index (κ2) is 10.6. The van der Waals surface area contributed by atoms with Crippen LogP contribution < -0.4 is 16.4 Å². The van der Waals surface area contributed by atoms with Gasteiger partial charge < -0.3 is 41.5 Å². The summed E-state index contributed by atoms with van der Waals surface area (Å²) in [4.78, 5) is 63.1. The van der Waals surface area contributed by atoms with Gasteiger partial charge in [-0.25, -0.2) is 4.79 Å². The summed E-state index contributed by atoms with van der Waals surface area (Å²) in [6.07, 6.45) is -2.83. The first kappa shape index (κ1) is 25.3. The lowest BCUT2D eigenvalue weighted by Gasteiger charge is -2.33. The van der Waals surface area contributed by atoms with Crippen molar-refractivity contribution in [3.63, 3.8) is 0 Å². The maximum atomic E-state index is 13.2. The Morgan fingerprint density at radius 3 is 1.97 bits per heavy atom. The molecule has 5 amide bonds. The van der Waals surface area contributed by atoms with Gasteiger partial charge in [0.05, 0.1) is 12.1 Å². The zero-order valence-electron chi connectivity index (χ0n) is 18.1. The molecule has 2 saturated heterocycles. The zero-order valence-corrected chi connectivity index (χ0v) is 18.1. The molecule has 32 heavy (non-hydrogen) atoms. The van der Waals surface area contributed by atoms with Crippen LogP contribution in [0.1, 0.15) is 39.5 Å². The van der Waals surface area contributed by atoms with Crippen LogP contribution in [0.25, 0.3) is 0 Å². The summed E-state index contributed by atoms with van der Waals surface area (Å²) in [6, 6.07) is -3.73. The van der Waals surface area contributed by atoms with E-state index in [0.29, 0.717) is 32.2 Å². The van der Waals surface area contributed by atoms with E-state index in [1.807, 2.05) is 5.32 Å². The third-order valence-corrected chi connectivity index (χ3v) is 5.87. The number of likely N-dealkylation sites (tertiary alicyclic amines) is 2. The monoisotopic (exact) mass is 457 g/mol. The third-order valence-electron chi connectivity index (χ3n) is 5.87. The summed E-state index contributed by atoms with van der Waals surface area (Å²) in [5.41, 5.74) is 5.04. The number of nitrogens with zero attached hydrogens (tertiary/aromatic N) is 2. The van der Waals surface area contributed by atoms with Crippen molar-refractivity contribution < 1.29 is 39.3 Å². The molecular weight excluding hydrogens is 426 g/mol. The van der Waals surface area contributed by atoms with Crippen LogP contribution in [0.15, 0.2) is 0 Å². The van der Waals surface area contributed by atoms with E-state index in [9.17, 15) is 34.2 Å². The van der Waals surface area contributed by atoms with Crippen LogP contribution in [0.3, 0.4) is 0 Å². The molecule has 2 fully saturated rings. The molecule has 0 bridgehead atoms. The molecule has 2 rings (SSSR count). The van der Waals surface area contributed by atoms with Crippen LogP contribution in [0.4, 0.5) is 4.79 Å². The van der Waals surface area contributed by atoms with Crippen LogP contribution in [0, 0.1) is 0 Å². The predicted octanol–water partition coefficient (Wildman–Crippen LogP) is -2.66. The normalized spacial score (nSPS) is 24.4. The quantitative estimate of drug-likeness (QED) is 0.226. The first-order valence-corrected chi connectivity index (χ1v) is 10.5. The molecule has 0 radical (unpaired) electrons. The van der Waals surface area contributed by atoms with E-state index in [-0.39, 0.29) is 6.54 Å². The molecule has 2 aliphatic heterocycles. The summed E-state index contributed by atoms with van der Waals surface area (Å²) < 4.78 is 0. The number of nitrogens with one attached hydrogen (secondary N) is 2. The summed E-state index contributed by atoms with van der Waals surface area (Å²) in [5.74, 6) is -2.73. The SMILES string of the molecule is C[C@H](NC(=O)[C@H]1CCCN1C(=O)[C@@H]1CCCN1C(=O)[C@H](O)[C@H](C)NC(=O)O)[C@@H](O)C(N)=O. The van der Waals surface area contributed by atoms with Gasteiger partial charge in [-0.2, -0.15) is 0 Å². The van der Waals surface area contributed by atoms with Gasteiger partial charge in [-0.15, -0.1) is 0 Å². The average molecular weight is 457 g/mol. The van der Waals surface area contributed by atoms with Gasteiger partial charge in [-0.1, -0.05) is 0 Å². The van der Waals surface area contributed by atoms with Crippen molar-refractivity contribution in [3.8, 4) is 0 Å². The number of aliphatic hydroxyl groups excluding tert-OH is 2. The largest absolute Gasteiger partial charge is 0.465 e. The van der Waals surface area contributed by atoms with E-state index >= 15 is 0 Å². The zero-order chi connectivity index (χ0) is 24.2. The molecule has 2 heterocycles. The van der Waals surface area contributed by atoms with E-state index in [1.54, 1.807) is 0 Å². The van der Waals surface area contributed by atoms with E-state index in [4.69, 9.17) is 10.8 Å². The number of carbonyl (C=O) groups is 5. The maximum Gasteiger partial charge on any atom is 0.404 e. The van der Waals surface area contributed by atoms with Gasteiger partial charge in [0.1, 0.15) is 12.1 Å². The molecule has 0 aromatic rings. The Morgan fingerprint density at radius 1 is 0.875 bits per heavy atom. The summed E-state index contributed by atoms with van der Waals surface area (Å²) in [7, 11) is 0. The van der Waals surface area contributed by atoms with Crippen molar-refractivity contribution >= 4 is 29.7 Å². The standard InChI is InChI=1S/C19H31N5O8/c1-9(13(25)15(20)27)21-16(28)11-5-3-7-23(11)17(29)12-6-4-8-24(12)18(30)14(26)10(2)22-19(31)32/h9-14,22,25-26H,3-8H2,1-2H3,(H2,20,27)(H,21,28)(H,31,32)/t9-,10-,11+,12-,13+,14+/m0/s1. The minimum Gasteiger partial charge on any atom is -0.465 e. The Labute approximate surface area is 184 Å². The third kappa shape index (κ3) is 5.65. The van der Waals surface area contributed by atoms with Gasteiger partial charge in [0.15, 0.2) is 12.2 Å². The topological polar surface area (TPSA) is 203 Å². The summed E-state index contributed by atoms with van der Waals surface area (Å²) in [6.45, 7) is 3.27. The lowest BCUT2D eigenvalue weighted by atomic mass is 10.1. The van der Waals surface area contributed by atoms with E-state index in [0.717, 1.165) is 0 Å². The number of amides is 5. The fourth-order valence-electron chi connectivity index (χ4n) is 4.09. The number of nitrogens with two attached hydrogens (primary N) is 1. The number of hydrogen-bond donors (Lipinski definition) is 6. The Morgan fingerprint density at radius 2 is 1.41 bits per heavy atom. The molecule has 2 aliphatic rings. The van der Waals surface area contributed by atoms with Gasteiger partial charge in [0.25, 0.3) is 5.91 Å². The number of carboxylic acid groups (broad SMARTS) is 1. The van der Waals surface area contributed by atoms with E-state index < -0.39 is 66.1 Å². The van der Waals surface area contributed by atoms with E-state index in [1.165, 1.54) is 23.6 Å². The number of hydrogen-bond acceptors (Lipinski definition) is 7. The Kier molecular flexibility index (Phi) is 8.38. The smallest absolute Gasteiger partial charge is 0.404 e. The van der Waals surface area contributed by atoms with E-state index in [2.05, 4.69) is 5.32 Å². The van der Waals surface area contributed by atoms with Gasteiger partial charge in [0, 0.05) is 13.1 Å². The van der Waals surface area contributed by atoms with Crippen molar-refractivity contribution in [2.75, 3.05) is 13.1 Å². The summed E-state index contributed by atoms with van der Waals surface area (Å²) >= 11 is 0. The van der Waals surface area contributed by atoms with Crippen LogP contribution in [0.5, 0.6) is 0 Å². The number of aliphatic hydroxyl groups is 2. The second-order valence-corrected chi connectivity index (χ2v) is 8.21. The highest BCUT2D eigenvalue weighted by atomic mass is 16.4. The Bertz CT molecular complexity index is 762. The van der Waals surface area contributed by atoms with Crippen LogP contribution in [-0.4, -0.2) is 104 Å². The molecule has 13 heteroatoms. The lowest BCUT2D eigenvalue weighted by molar-refractivity contribution is -0.151. The minimum atomic E-state index is -1.66. The number of primary amides is 1. The molecule has 13 nitrogen and oxygen atoms in total. The second-order valence-electron chi connectivity index (χ2n) is 8.21. The lowest BCUT2D eigenvalue weighted by Crippen LogP contribution is -2.57. The predicted molar refractivity (Wildman–Crippen MR) is 109 cm³/mol. The minimum absolute atomic E-state index is 0.221. The molecule has 6 atom stereocenters. The number of carbonyl (C=O) groups excluding carboxylic acids is 4. The van der Waals surface area contributed by atoms with Crippen molar-refractivity contribution in [3.05, 3.63) is 0 Å². The fraction of sp³-hybridized carbons (Fsp3) is 0.737. The van der Waals surface area contributed by atoms with Gasteiger partial charge in [0.2, 0.25) is 17.7 Å². The molecule has 0 saturated carbocycles. The highest BCUT2D eigenvalue weighted by molar-refractivity contribution is 5.94. The molecule has 0 unspecified atom stereocenters. The molecule has 0 spiro atoms. The average Bonchev–Trinajstić information content (AvgIpc) is 3.40. The van der Waals surface area contributed by atoms with Gasteiger partial charge >= 0.3 is 6.09 Å². The number of rotatable bonds is 8. The fourth-order valence-corrected chi connectivity index (χ4v) is 4.09. The maximum absolute atomic E-state index is 13.2. The molecule has 7 N–H and O–H groups in total. The highest BCUT2D eigenvalue weighted by Gasteiger charge is 2.44. The Balaban J connectivity index is 2.07. The molecule has 0 aromatic carbocycles. The van der Waals surface area contributed by atoms with Crippen LogP contribution in [-0.2, 0) is 19.2 Å². The molecule has 0 aromatic heterocycles. The van der Waals surface area contributed by atoms with Crippen LogP contribution in [0.2, 0.25) is 0 Å². The van der Waals surface area contributed by atoms with Gasteiger partial charge in [-0.3, -0.25) is 19.2 Å². The van der Waals surface area contributed by atoms with Gasteiger partial charge in [-0.05, 0) is 39.5 Å². The van der Waals surface area contributed by atoms with Crippen LogP contribution >= 0.6 is 0 Å². The molecule has 0 aliphatic carbocycles. The van der Waals surface area contributed by atoms with Crippen molar-refractivity contribution in [1.29, 1.82) is 0 Å². The first-order valence-electron chi connectivity index (χ1n) is 10.5. The molecular formula is C19H31N5O8. The summed E-state index contributed by atoms with van der Waals surface area (Å²) in [5, 5.41) is 33.2. The molecule has 180 valence electrons. The van der Waals surface area contributed by atoms with Crippen molar-refractivity contribution in [2.24, 2.45) is 5.73 Å².